The highest BCUT2D eigenvalue weighted by atomic mass is 35.5. The van der Waals surface area contributed by atoms with Crippen molar-refractivity contribution in [2.45, 2.75) is 19.0 Å². The molecule has 0 aliphatic carbocycles. The first-order chi connectivity index (χ1) is 15.5. The van der Waals surface area contributed by atoms with Crippen molar-refractivity contribution in [2.75, 3.05) is 24.4 Å². The summed E-state index contributed by atoms with van der Waals surface area (Å²) in [4.78, 5) is 46.9. The van der Waals surface area contributed by atoms with E-state index in [4.69, 9.17) is 16.3 Å². The summed E-state index contributed by atoms with van der Waals surface area (Å²) in [7, 11) is 1.24. The molecule has 2 N–H and O–H groups in total. The normalized spacial score (nSPS) is 10.8. The summed E-state index contributed by atoms with van der Waals surface area (Å²) >= 11 is 5.78. The smallest absolute Gasteiger partial charge is 0.416 e. The number of hydrogen-bond acceptors (Lipinski definition) is 6. The third kappa shape index (κ3) is 8.11. The zero-order valence-electron chi connectivity index (χ0n) is 17.1. The van der Waals surface area contributed by atoms with Gasteiger partial charge in [0.25, 0.3) is 5.91 Å². The lowest BCUT2D eigenvalue weighted by Gasteiger charge is -2.12. The Hall–Kier alpha value is -3.60. The molecule has 0 heterocycles. The van der Waals surface area contributed by atoms with Crippen molar-refractivity contribution in [2.24, 2.45) is 0 Å². The Morgan fingerprint density at radius 3 is 2.21 bits per heavy atom. The lowest BCUT2D eigenvalue weighted by Crippen LogP contribution is -2.22. The molecule has 33 heavy (non-hydrogen) atoms. The van der Waals surface area contributed by atoms with Crippen LogP contribution in [-0.4, -0.2) is 37.5 Å². The quantitative estimate of drug-likeness (QED) is 0.545. The molecule has 2 aromatic carbocycles. The van der Waals surface area contributed by atoms with Crippen molar-refractivity contribution in [3.05, 3.63) is 58.6 Å². The molecule has 0 atom stereocenters. The summed E-state index contributed by atoms with van der Waals surface area (Å²) in [5.74, 6) is -2.82. The number of halogens is 4. The number of rotatable bonds is 8. The van der Waals surface area contributed by atoms with Crippen LogP contribution >= 0.6 is 11.6 Å². The lowest BCUT2D eigenvalue weighted by atomic mass is 10.2. The summed E-state index contributed by atoms with van der Waals surface area (Å²) in [5, 5.41) is 4.52. The molecular weight excluding hydrogens is 469 g/mol. The molecule has 2 aromatic rings. The molecule has 0 radical (unpaired) electrons. The van der Waals surface area contributed by atoms with Crippen LogP contribution in [0.3, 0.4) is 0 Å². The summed E-state index contributed by atoms with van der Waals surface area (Å²) < 4.78 is 47.6. The van der Waals surface area contributed by atoms with Crippen molar-refractivity contribution in [1.29, 1.82) is 0 Å². The number of ether oxygens (including phenoxy) is 2. The van der Waals surface area contributed by atoms with E-state index in [1.807, 2.05) is 0 Å². The van der Waals surface area contributed by atoms with Crippen molar-refractivity contribution in [3.8, 4) is 0 Å². The van der Waals surface area contributed by atoms with Crippen LogP contribution in [0.25, 0.3) is 0 Å². The lowest BCUT2D eigenvalue weighted by molar-refractivity contribution is -0.147. The number of amides is 2. The minimum atomic E-state index is -4.62. The Kier molecular flexibility index (Phi) is 8.80. The topological polar surface area (TPSA) is 111 Å². The fraction of sp³-hybridized carbons (Fsp3) is 0.238. The van der Waals surface area contributed by atoms with Gasteiger partial charge in [-0.05, 0) is 42.5 Å². The van der Waals surface area contributed by atoms with Crippen LogP contribution in [0.1, 0.15) is 28.8 Å². The van der Waals surface area contributed by atoms with E-state index in [0.29, 0.717) is 17.3 Å². The number of carbonyl (C=O) groups excluding carboxylic acids is 4. The molecular formula is C21H18ClF3N2O6. The molecule has 2 amide bonds. The summed E-state index contributed by atoms with van der Waals surface area (Å²) in [6, 6.07) is 8.25. The van der Waals surface area contributed by atoms with Gasteiger partial charge in [-0.15, -0.1) is 0 Å². The predicted molar refractivity (Wildman–Crippen MR) is 112 cm³/mol. The van der Waals surface area contributed by atoms with Gasteiger partial charge in [-0.3, -0.25) is 14.4 Å². The van der Waals surface area contributed by atoms with E-state index < -0.39 is 42.1 Å². The molecule has 0 fully saturated rings. The molecule has 0 aliphatic rings. The first-order valence-electron chi connectivity index (χ1n) is 9.30. The van der Waals surface area contributed by atoms with E-state index in [0.717, 1.165) is 12.1 Å². The van der Waals surface area contributed by atoms with Crippen LogP contribution in [0.2, 0.25) is 5.02 Å². The minimum Gasteiger partial charge on any atom is -0.465 e. The summed E-state index contributed by atoms with van der Waals surface area (Å²) in [5.41, 5.74) is -0.614. The third-order valence-corrected chi connectivity index (χ3v) is 4.41. The van der Waals surface area contributed by atoms with Crippen LogP contribution in [0.4, 0.5) is 24.5 Å². The third-order valence-electron chi connectivity index (χ3n) is 4.08. The number of methoxy groups -OCH3 is 1. The van der Waals surface area contributed by atoms with Crippen LogP contribution < -0.4 is 10.6 Å². The largest absolute Gasteiger partial charge is 0.465 e. The molecule has 0 aliphatic heterocycles. The minimum absolute atomic E-state index is 0.126. The first kappa shape index (κ1) is 25.7. The molecule has 0 saturated heterocycles. The number of nitrogens with one attached hydrogen (secondary N) is 2. The second-order valence-corrected chi connectivity index (χ2v) is 6.93. The highest BCUT2D eigenvalue weighted by Gasteiger charge is 2.31. The molecule has 0 spiro atoms. The number of hydrogen-bond donors (Lipinski definition) is 2. The molecule has 0 unspecified atom stereocenters. The SMILES string of the molecule is COC(=O)c1ccc(NC(=O)CCC(=O)OCC(=O)Nc2cc(C(F)(F)F)ccc2Cl)cc1. The van der Waals surface area contributed by atoms with Gasteiger partial charge in [-0.1, -0.05) is 11.6 Å². The van der Waals surface area contributed by atoms with Gasteiger partial charge in [0.2, 0.25) is 5.91 Å². The molecule has 0 aromatic heterocycles. The van der Waals surface area contributed by atoms with E-state index in [2.05, 4.69) is 15.4 Å². The van der Waals surface area contributed by atoms with Crippen molar-refractivity contribution in [3.63, 3.8) is 0 Å². The zero-order valence-corrected chi connectivity index (χ0v) is 17.9. The average molecular weight is 487 g/mol. The fourth-order valence-corrected chi connectivity index (χ4v) is 2.61. The Balaban J connectivity index is 1.77. The van der Waals surface area contributed by atoms with Gasteiger partial charge in [-0.2, -0.15) is 13.2 Å². The fourth-order valence-electron chi connectivity index (χ4n) is 2.45. The van der Waals surface area contributed by atoms with Gasteiger partial charge >= 0.3 is 18.1 Å². The second kappa shape index (κ2) is 11.3. The van der Waals surface area contributed by atoms with E-state index in [-0.39, 0.29) is 23.6 Å². The van der Waals surface area contributed by atoms with Crippen LogP contribution in [0.5, 0.6) is 0 Å². The van der Waals surface area contributed by atoms with Crippen LogP contribution in [0.15, 0.2) is 42.5 Å². The highest BCUT2D eigenvalue weighted by molar-refractivity contribution is 6.33. The van der Waals surface area contributed by atoms with E-state index in [1.165, 1.54) is 31.4 Å². The second-order valence-electron chi connectivity index (χ2n) is 6.52. The molecule has 8 nitrogen and oxygen atoms in total. The highest BCUT2D eigenvalue weighted by Crippen LogP contribution is 2.33. The van der Waals surface area contributed by atoms with Gasteiger partial charge in [0, 0.05) is 12.1 Å². The standard InChI is InChI=1S/C21H18ClF3N2O6/c1-32-20(31)12-2-5-14(6-3-12)26-17(28)8-9-19(30)33-11-18(29)27-16-10-13(21(23,24)25)4-7-15(16)22/h2-7,10H,8-9,11H2,1H3,(H,26,28)(H,27,29). The van der Waals surface area contributed by atoms with Gasteiger partial charge in [0.1, 0.15) is 0 Å². The maximum atomic E-state index is 12.8. The van der Waals surface area contributed by atoms with E-state index in [9.17, 15) is 32.3 Å². The van der Waals surface area contributed by atoms with Crippen molar-refractivity contribution >= 4 is 46.7 Å². The van der Waals surface area contributed by atoms with Gasteiger partial charge < -0.3 is 20.1 Å². The number of carbonyl (C=O) groups is 4. The van der Waals surface area contributed by atoms with E-state index in [1.54, 1.807) is 0 Å². The Labute approximate surface area is 191 Å². The number of esters is 2. The monoisotopic (exact) mass is 486 g/mol. The number of anilines is 2. The first-order valence-corrected chi connectivity index (χ1v) is 9.68. The Bertz CT molecular complexity index is 1040. The Morgan fingerprint density at radius 1 is 0.939 bits per heavy atom. The van der Waals surface area contributed by atoms with Gasteiger partial charge in [0.15, 0.2) is 6.61 Å². The molecule has 2 rings (SSSR count). The average Bonchev–Trinajstić information content (AvgIpc) is 2.77. The van der Waals surface area contributed by atoms with Gasteiger partial charge in [0.05, 0.1) is 35.4 Å². The molecule has 0 bridgehead atoms. The Morgan fingerprint density at radius 2 is 1.61 bits per heavy atom. The molecule has 176 valence electrons. The van der Waals surface area contributed by atoms with Crippen LogP contribution in [-0.2, 0) is 30.0 Å². The number of alkyl halides is 3. The number of benzene rings is 2. The predicted octanol–water partition coefficient (Wildman–Crippen LogP) is 4.05. The molecule has 0 saturated carbocycles. The summed E-state index contributed by atoms with van der Waals surface area (Å²) in [6.07, 6.45) is -5.22. The van der Waals surface area contributed by atoms with Crippen molar-refractivity contribution < 1.29 is 41.8 Å². The van der Waals surface area contributed by atoms with Crippen LogP contribution in [0, 0.1) is 0 Å². The zero-order chi connectivity index (χ0) is 24.6. The van der Waals surface area contributed by atoms with Crippen molar-refractivity contribution in [1.82, 2.24) is 0 Å². The van der Waals surface area contributed by atoms with Gasteiger partial charge in [-0.25, -0.2) is 4.79 Å². The molecule has 12 heteroatoms. The maximum absolute atomic E-state index is 12.8. The maximum Gasteiger partial charge on any atom is 0.416 e. The summed E-state index contributed by atoms with van der Waals surface area (Å²) in [6.45, 7) is -0.776. The van der Waals surface area contributed by atoms with E-state index >= 15 is 0 Å².